The van der Waals surface area contributed by atoms with Crippen LogP contribution < -0.4 is 24.8 Å². The van der Waals surface area contributed by atoms with Gasteiger partial charge in [-0.2, -0.15) is 0 Å². The van der Waals surface area contributed by atoms with E-state index < -0.39 is 20.4 Å². The summed E-state index contributed by atoms with van der Waals surface area (Å²) in [5, 5.41) is 0. The van der Waals surface area contributed by atoms with E-state index in [-0.39, 0.29) is 30.2 Å². The maximum Gasteiger partial charge on any atom is -1.00 e. The van der Waals surface area contributed by atoms with E-state index >= 15 is 0 Å². The van der Waals surface area contributed by atoms with Gasteiger partial charge in [0.1, 0.15) is 0 Å². The van der Waals surface area contributed by atoms with Crippen LogP contribution in [-0.4, -0.2) is 5.43 Å². The largest absolute Gasteiger partial charge is 1.00 e. The first kappa shape index (κ1) is 30.5. The molecule has 4 aromatic rings. The Bertz CT molecular complexity index is 1510. The Kier molecular flexibility index (Phi) is 10.4. The van der Waals surface area contributed by atoms with Crippen LogP contribution in [0.25, 0.3) is 33.4 Å². The van der Waals surface area contributed by atoms with Crippen molar-refractivity contribution in [2.24, 2.45) is 0 Å². The molecule has 0 aromatic heterocycles. The molecule has 1 heterocycles. The molecule has 0 spiro atoms. The normalized spacial score (nSPS) is 15.8. The summed E-state index contributed by atoms with van der Waals surface area (Å²) >= 11 is -2.07. The molecule has 7 rings (SSSR count). The second kappa shape index (κ2) is 14.0. The average molecular weight is 671 g/mol. The fourth-order valence-corrected chi connectivity index (χ4v) is 31.1. The summed E-state index contributed by atoms with van der Waals surface area (Å²) in [7, 11) is 0. The van der Waals surface area contributed by atoms with Crippen molar-refractivity contribution in [2.45, 2.75) is 54.2 Å². The minimum atomic E-state index is -2.07. The second-order valence-electron chi connectivity index (χ2n) is 11.4. The number of fused-ring (bicyclic) bond motifs is 3. The third-order valence-corrected chi connectivity index (χ3v) is 30.1. The average Bonchev–Trinajstić information content (AvgIpc) is 3.62. The van der Waals surface area contributed by atoms with Gasteiger partial charge in [0.25, 0.3) is 0 Å². The number of halogens is 2. The van der Waals surface area contributed by atoms with E-state index in [2.05, 4.69) is 115 Å². The zero-order valence-corrected chi connectivity index (χ0v) is 28.4. The van der Waals surface area contributed by atoms with Crippen LogP contribution in [0.4, 0.5) is 0 Å². The predicted molar refractivity (Wildman–Crippen MR) is 165 cm³/mol. The SMILES string of the molecule is C1=CC[C]([Zr+2]([CH]2c3cc(-c4ccccc4)ccc3-c3ccc(-c4ccccc4)cc32)=[Si]2CCCCCCC2)=C1.[Cl-].[Cl-]. The minimum absolute atomic E-state index is 0. The summed E-state index contributed by atoms with van der Waals surface area (Å²) in [6.07, 6.45) is 15.9. The van der Waals surface area contributed by atoms with Gasteiger partial charge in [-0.05, 0) is 0 Å². The van der Waals surface area contributed by atoms with Crippen molar-refractivity contribution in [1.82, 2.24) is 0 Å². The molecule has 0 unspecified atom stereocenters. The molecule has 1 saturated heterocycles. The van der Waals surface area contributed by atoms with Crippen molar-refractivity contribution in [3.05, 3.63) is 130 Å². The van der Waals surface area contributed by atoms with Gasteiger partial charge in [-0.25, -0.2) is 0 Å². The van der Waals surface area contributed by atoms with Gasteiger partial charge in [0.15, 0.2) is 0 Å². The fourth-order valence-electron chi connectivity index (χ4n) is 7.06. The molecule has 1 fully saturated rings. The van der Waals surface area contributed by atoms with E-state index in [4.69, 9.17) is 0 Å². The first-order chi connectivity index (χ1) is 19.4. The molecule has 0 bridgehead atoms. The number of hydrogen-bond acceptors (Lipinski definition) is 0. The van der Waals surface area contributed by atoms with Crippen LogP contribution in [0.5, 0.6) is 0 Å². The molecular weight excluding hydrogens is 635 g/mol. The minimum Gasteiger partial charge on any atom is -1.00 e. The summed E-state index contributed by atoms with van der Waals surface area (Å²) < 4.78 is 2.54. The molecule has 1 aliphatic heterocycles. The van der Waals surface area contributed by atoms with Crippen LogP contribution in [0, 0.1) is 0 Å². The number of benzene rings is 4. The van der Waals surface area contributed by atoms with Crippen LogP contribution in [0.3, 0.4) is 0 Å². The van der Waals surface area contributed by atoms with E-state index in [1.165, 1.54) is 71.9 Å². The molecule has 2 aliphatic carbocycles. The second-order valence-corrected chi connectivity index (χ2v) is 27.0. The third kappa shape index (κ3) is 6.23. The van der Waals surface area contributed by atoms with Crippen LogP contribution in [0.15, 0.2) is 119 Å². The Labute approximate surface area is 266 Å². The summed E-state index contributed by atoms with van der Waals surface area (Å²) in [6.45, 7) is 0. The molecule has 0 atom stereocenters. The molecule has 0 radical (unpaired) electrons. The number of rotatable bonds is 4. The van der Waals surface area contributed by atoms with Gasteiger partial charge in [-0.15, -0.1) is 0 Å². The van der Waals surface area contributed by atoms with Crippen molar-refractivity contribution < 1.29 is 45.2 Å². The van der Waals surface area contributed by atoms with Crippen molar-refractivity contribution in [1.29, 1.82) is 0 Å². The molecule has 0 amide bonds. The Hall–Kier alpha value is -1.96. The first-order valence-corrected chi connectivity index (χ1v) is 23.1. The summed E-state index contributed by atoms with van der Waals surface area (Å²) in [5.41, 5.74) is 11.4. The van der Waals surface area contributed by atoms with Crippen molar-refractivity contribution in [3.8, 4) is 33.4 Å². The van der Waals surface area contributed by atoms with E-state index in [9.17, 15) is 0 Å². The van der Waals surface area contributed by atoms with Gasteiger partial charge in [0.05, 0.1) is 0 Å². The Balaban J connectivity index is 0.00000169. The summed E-state index contributed by atoms with van der Waals surface area (Å²) in [4.78, 5) is 0. The van der Waals surface area contributed by atoms with Gasteiger partial charge in [-0.1, -0.05) is 0 Å². The topological polar surface area (TPSA) is 0 Å². The molecule has 41 heavy (non-hydrogen) atoms. The number of allylic oxidation sites excluding steroid dienone is 4. The van der Waals surface area contributed by atoms with Crippen molar-refractivity contribution in [3.63, 3.8) is 0 Å². The van der Waals surface area contributed by atoms with Crippen LogP contribution in [-0.2, 0) is 20.4 Å². The van der Waals surface area contributed by atoms with E-state index in [0.29, 0.717) is 3.63 Å². The molecule has 3 aliphatic rings. The molecule has 206 valence electrons. The molecule has 4 heteroatoms. The van der Waals surface area contributed by atoms with Gasteiger partial charge in [-0.3, -0.25) is 0 Å². The van der Waals surface area contributed by atoms with Crippen LogP contribution in [0.1, 0.15) is 53.3 Å². The van der Waals surface area contributed by atoms with Crippen LogP contribution >= 0.6 is 0 Å². The maximum absolute atomic E-state index is 2.60. The van der Waals surface area contributed by atoms with Gasteiger partial charge >= 0.3 is 243 Å². The van der Waals surface area contributed by atoms with Crippen molar-refractivity contribution >= 4 is 5.43 Å². The van der Waals surface area contributed by atoms with E-state index in [1.54, 1.807) is 23.2 Å². The fraction of sp³-hybridized carbons (Fsp3) is 0.243. The summed E-state index contributed by atoms with van der Waals surface area (Å²) in [6, 6.07) is 40.0. The molecule has 0 saturated carbocycles. The zero-order valence-electron chi connectivity index (χ0n) is 23.5. The van der Waals surface area contributed by atoms with Gasteiger partial charge in [0, 0.05) is 0 Å². The number of hydrogen-bond donors (Lipinski definition) is 0. The maximum atomic E-state index is 2.60. The molecule has 0 nitrogen and oxygen atoms in total. The van der Waals surface area contributed by atoms with E-state index in [1.807, 2.05) is 3.28 Å². The first-order valence-electron chi connectivity index (χ1n) is 14.8. The standard InChI is InChI=1S/C25H17.C7H14Si.C5H5.2ClH.Zr/c1-3-7-18(8-4-1)20-11-13-24-22(15-20)17-23-16-21(12-14-25(23)24)19-9-5-2-6-10-19;1-2-4-6-8-7-5-3-1;1-2-4-5-3-1;;;/h1-17H;1-7H2;1-3H,4H2;2*1H;/q;;;;;+2/p-2. The monoisotopic (exact) mass is 668 g/mol. The summed E-state index contributed by atoms with van der Waals surface area (Å²) in [5.74, 6) is 0. The molecular formula is C37H36Cl2SiZr. The van der Waals surface area contributed by atoms with E-state index in [0.717, 1.165) is 0 Å². The predicted octanol–water partition coefficient (Wildman–Crippen LogP) is 4.52. The zero-order chi connectivity index (χ0) is 26.0. The molecule has 0 N–H and O–H groups in total. The Morgan fingerprint density at radius 2 is 1.07 bits per heavy atom. The Morgan fingerprint density at radius 3 is 1.56 bits per heavy atom. The quantitative estimate of drug-likeness (QED) is 0.281. The van der Waals surface area contributed by atoms with Gasteiger partial charge < -0.3 is 24.8 Å². The van der Waals surface area contributed by atoms with Crippen LogP contribution in [0.2, 0.25) is 12.1 Å². The molecule has 4 aromatic carbocycles. The Morgan fingerprint density at radius 1 is 0.561 bits per heavy atom. The van der Waals surface area contributed by atoms with Crippen molar-refractivity contribution in [2.75, 3.05) is 0 Å². The van der Waals surface area contributed by atoms with Gasteiger partial charge in [0.2, 0.25) is 0 Å². The smallest absolute Gasteiger partial charge is 1.00 e. The third-order valence-electron chi connectivity index (χ3n) is 8.97.